The maximum atomic E-state index is 11.9. The van der Waals surface area contributed by atoms with Crippen LogP contribution in [-0.4, -0.2) is 16.8 Å². The summed E-state index contributed by atoms with van der Waals surface area (Å²) in [6.07, 6.45) is 3.19. The van der Waals surface area contributed by atoms with Crippen LogP contribution in [0, 0.1) is 0 Å². The molecule has 3 rings (SSSR count). The normalized spacial score (nSPS) is 13.5. The molecule has 1 aromatic carbocycles. The van der Waals surface area contributed by atoms with E-state index in [9.17, 15) is 9.59 Å². The lowest BCUT2D eigenvalue weighted by molar-refractivity contribution is -0.117. The number of hydrogen-bond donors (Lipinski definition) is 2. The highest BCUT2D eigenvalue weighted by Gasteiger charge is 2.15. The summed E-state index contributed by atoms with van der Waals surface area (Å²) < 4.78 is 0. The summed E-state index contributed by atoms with van der Waals surface area (Å²) in [6.45, 7) is 0. The van der Waals surface area contributed by atoms with Gasteiger partial charge in [-0.05, 0) is 23.6 Å². The van der Waals surface area contributed by atoms with Gasteiger partial charge >= 0.3 is 0 Å². The topological polar surface area (TPSA) is 71.1 Å². The fourth-order valence-corrected chi connectivity index (χ4v) is 2.73. The number of carbonyl (C=O) groups is 2. The van der Waals surface area contributed by atoms with E-state index in [0.29, 0.717) is 18.0 Å². The zero-order valence-corrected chi connectivity index (χ0v) is 11.5. The lowest BCUT2D eigenvalue weighted by Crippen LogP contribution is -2.19. The molecule has 1 aliphatic heterocycles. The molecule has 102 valence electrons. The Bertz CT molecular complexity index is 652. The number of aryl methyl sites for hydroxylation is 1. The third kappa shape index (κ3) is 2.85. The lowest BCUT2D eigenvalue weighted by Gasteiger charge is -2.17. The Morgan fingerprint density at radius 2 is 2.30 bits per heavy atom. The summed E-state index contributed by atoms with van der Waals surface area (Å²) in [5, 5.41) is 8.01. The van der Waals surface area contributed by atoms with Gasteiger partial charge in [0.25, 0.3) is 0 Å². The first kappa shape index (κ1) is 12.8. The highest BCUT2D eigenvalue weighted by molar-refractivity contribution is 7.13. The molecule has 5 nitrogen and oxygen atoms in total. The minimum atomic E-state index is -0.0836. The van der Waals surface area contributed by atoms with E-state index in [0.717, 1.165) is 23.2 Å². The predicted molar refractivity (Wildman–Crippen MR) is 77.8 cm³/mol. The molecule has 1 aliphatic rings. The van der Waals surface area contributed by atoms with Crippen molar-refractivity contribution >= 4 is 34.0 Å². The molecule has 0 bridgehead atoms. The maximum absolute atomic E-state index is 11.9. The first-order valence-electron chi connectivity index (χ1n) is 6.32. The van der Waals surface area contributed by atoms with Gasteiger partial charge < -0.3 is 10.6 Å². The minimum Gasteiger partial charge on any atom is -0.326 e. The van der Waals surface area contributed by atoms with E-state index in [-0.39, 0.29) is 11.8 Å². The Morgan fingerprint density at radius 1 is 1.40 bits per heavy atom. The van der Waals surface area contributed by atoms with Crippen LogP contribution in [0.4, 0.5) is 10.8 Å². The second-order valence-electron chi connectivity index (χ2n) is 4.60. The molecule has 0 spiro atoms. The number of nitrogens with one attached hydrogen (secondary N) is 2. The molecule has 1 aromatic heterocycles. The van der Waals surface area contributed by atoms with Gasteiger partial charge in [0.2, 0.25) is 11.8 Å². The molecule has 0 atom stereocenters. The quantitative estimate of drug-likeness (QED) is 0.909. The Balaban J connectivity index is 1.69. The van der Waals surface area contributed by atoms with Gasteiger partial charge in [0, 0.05) is 23.7 Å². The highest BCUT2D eigenvalue weighted by atomic mass is 32.1. The predicted octanol–water partition coefficient (Wildman–Crippen LogP) is 2.21. The number of anilines is 2. The number of nitrogens with zero attached hydrogens (tertiary/aromatic N) is 1. The smallest absolute Gasteiger partial charge is 0.230 e. The largest absolute Gasteiger partial charge is 0.326 e. The Labute approximate surface area is 120 Å². The number of benzene rings is 1. The number of rotatable bonds is 3. The molecule has 2 N–H and O–H groups in total. The second kappa shape index (κ2) is 5.42. The molecule has 0 unspecified atom stereocenters. The van der Waals surface area contributed by atoms with Crippen molar-refractivity contribution in [1.82, 2.24) is 4.98 Å². The number of hydrogen-bond acceptors (Lipinski definition) is 4. The summed E-state index contributed by atoms with van der Waals surface area (Å²) >= 11 is 1.39. The average Bonchev–Trinajstić information content (AvgIpc) is 2.91. The van der Waals surface area contributed by atoms with E-state index in [1.54, 1.807) is 6.20 Å². The van der Waals surface area contributed by atoms with Crippen LogP contribution >= 0.6 is 11.3 Å². The molecule has 0 radical (unpaired) electrons. The fourth-order valence-electron chi connectivity index (χ4n) is 2.18. The average molecular weight is 287 g/mol. The third-order valence-corrected chi connectivity index (χ3v) is 3.80. The van der Waals surface area contributed by atoms with Crippen LogP contribution in [0.5, 0.6) is 0 Å². The van der Waals surface area contributed by atoms with Crippen LogP contribution in [0.25, 0.3) is 0 Å². The SMILES string of the molecule is O=C(Cc1ccc2c(c1)CCC(=O)N2)Nc1nccs1. The first-order valence-corrected chi connectivity index (χ1v) is 7.20. The number of aromatic nitrogens is 1. The van der Waals surface area contributed by atoms with Crippen LogP contribution < -0.4 is 10.6 Å². The van der Waals surface area contributed by atoms with E-state index in [4.69, 9.17) is 0 Å². The Kier molecular flexibility index (Phi) is 3.47. The number of carbonyl (C=O) groups excluding carboxylic acids is 2. The molecule has 2 aromatic rings. The van der Waals surface area contributed by atoms with Crippen LogP contribution in [0.3, 0.4) is 0 Å². The van der Waals surface area contributed by atoms with Gasteiger partial charge in [0.1, 0.15) is 0 Å². The second-order valence-corrected chi connectivity index (χ2v) is 5.50. The molecule has 0 saturated carbocycles. The Hall–Kier alpha value is -2.21. The summed E-state index contributed by atoms with van der Waals surface area (Å²) in [5.41, 5.74) is 2.88. The maximum Gasteiger partial charge on any atom is 0.230 e. The van der Waals surface area contributed by atoms with Crippen molar-refractivity contribution in [2.24, 2.45) is 0 Å². The summed E-state index contributed by atoms with van der Waals surface area (Å²) in [4.78, 5) is 27.2. The van der Waals surface area contributed by atoms with Gasteiger partial charge in [0.15, 0.2) is 5.13 Å². The lowest BCUT2D eigenvalue weighted by atomic mass is 9.99. The first-order chi connectivity index (χ1) is 9.70. The molecular weight excluding hydrogens is 274 g/mol. The van der Waals surface area contributed by atoms with Gasteiger partial charge in [-0.15, -0.1) is 11.3 Å². The molecule has 6 heteroatoms. The van der Waals surface area contributed by atoms with Crippen molar-refractivity contribution in [2.75, 3.05) is 10.6 Å². The van der Waals surface area contributed by atoms with E-state index >= 15 is 0 Å². The number of fused-ring (bicyclic) bond motifs is 1. The summed E-state index contributed by atoms with van der Waals surface area (Å²) in [6, 6.07) is 5.71. The van der Waals surface area contributed by atoms with Gasteiger partial charge in [-0.3, -0.25) is 9.59 Å². The van der Waals surface area contributed by atoms with Crippen LogP contribution in [0.2, 0.25) is 0 Å². The minimum absolute atomic E-state index is 0.0479. The van der Waals surface area contributed by atoms with Crippen molar-refractivity contribution in [2.45, 2.75) is 19.3 Å². The van der Waals surface area contributed by atoms with Crippen LogP contribution in [0.15, 0.2) is 29.8 Å². The van der Waals surface area contributed by atoms with Gasteiger partial charge in [-0.1, -0.05) is 12.1 Å². The van der Waals surface area contributed by atoms with Gasteiger partial charge in [0.05, 0.1) is 6.42 Å². The van der Waals surface area contributed by atoms with Crippen LogP contribution in [0.1, 0.15) is 17.5 Å². The molecule has 20 heavy (non-hydrogen) atoms. The molecular formula is C14H13N3O2S. The summed E-state index contributed by atoms with van der Waals surface area (Å²) in [7, 11) is 0. The van der Waals surface area contributed by atoms with Crippen molar-refractivity contribution in [3.05, 3.63) is 40.9 Å². The number of thiazole rings is 1. The van der Waals surface area contributed by atoms with Crippen molar-refractivity contribution in [3.8, 4) is 0 Å². The van der Waals surface area contributed by atoms with E-state index in [2.05, 4.69) is 15.6 Å². The third-order valence-electron chi connectivity index (χ3n) is 3.11. The molecule has 0 saturated heterocycles. The zero-order valence-electron chi connectivity index (χ0n) is 10.7. The molecule has 0 aliphatic carbocycles. The Morgan fingerprint density at radius 3 is 3.10 bits per heavy atom. The monoisotopic (exact) mass is 287 g/mol. The standard InChI is InChI=1S/C14H13N3O2S/c18-12-4-2-10-7-9(1-3-11(10)16-12)8-13(19)17-14-15-5-6-20-14/h1,3,5-7H,2,4,8H2,(H,16,18)(H,15,17,19). The highest BCUT2D eigenvalue weighted by Crippen LogP contribution is 2.24. The van der Waals surface area contributed by atoms with Crippen molar-refractivity contribution in [3.63, 3.8) is 0 Å². The fraction of sp³-hybridized carbons (Fsp3) is 0.214. The number of amides is 2. The molecule has 0 fully saturated rings. The van der Waals surface area contributed by atoms with E-state index in [1.165, 1.54) is 11.3 Å². The van der Waals surface area contributed by atoms with Crippen molar-refractivity contribution in [1.29, 1.82) is 0 Å². The molecule has 2 heterocycles. The molecule has 2 amide bonds. The zero-order chi connectivity index (χ0) is 13.9. The van der Waals surface area contributed by atoms with Crippen LogP contribution in [-0.2, 0) is 22.4 Å². The van der Waals surface area contributed by atoms with Gasteiger partial charge in [-0.25, -0.2) is 4.98 Å². The van der Waals surface area contributed by atoms with Crippen molar-refractivity contribution < 1.29 is 9.59 Å². The van der Waals surface area contributed by atoms with E-state index in [1.807, 2.05) is 23.6 Å². The summed E-state index contributed by atoms with van der Waals surface area (Å²) in [5.74, 6) is -0.0356. The van der Waals surface area contributed by atoms with Gasteiger partial charge in [-0.2, -0.15) is 0 Å². The van der Waals surface area contributed by atoms with E-state index < -0.39 is 0 Å².